The Balaban J connectivity index is 1.72. The van der Waals surface area contributed by atoms with Crippen LogP contribution in [0, 0.1) is 0 Å². The summed E-state index contributed by atoms with van der Waals surface area (Å²) in [7, 11) is 1.88. The Bertz CT molecular complexity index is 565. The molecule has 0 fully saturated rings. The number of hydrogen-bond acceptors (Lipinski definition) is 3. The van der Waals surface area contributed by atoms with Crippen molar-refractivity contribution in [2.75, 3.05) is 30.8 Å². The van der Waals surface area contributed by atoms with Crippen molar-refractivity contribution in [3.63, 3.8) is 0 Å². The van der Waals surface area contributed by atoms with Gasteiger partial charge in [-0.15, -0.1) is 0 Å². The zero-order valence-electron chi connectivity index (χ0n) is 11.9. The van der Waals surface area contributed by atoms with Crippen molar-refractivity contribution in [3.8, 4) is 0 Å². The van der Waals surface area contributed by atoms with Gasteiger partial charge in [-0.25, -0.2) is 0 Å². The van der Waals surface area contributed by atoms with Crippen LogP contribution in [0.25, 0.3) is 0 Å². The standard InChI is InChI=1S/C16H21N3O/c1-18(13-6-2-3-7-13)15(20)11-19-10-9-12-5-4-8-14(17)16(12)19/h4-6,8H,2-3,7,9-11,17H2,1H3. The van der Waals surface area contributed by atoms with Crippen molar-refractivity contribution in [1.29, 1.82) is 0 Å². The molecule has 2 aliphatic rings. The minimum atomic E-state index is 0.147. The SMILES string of the molecule is CN(C(=O)CN1CCc2cccc(N)c21)C1=CCCC1. The first kappa shape index (κ1) is 13.0. The summed E-state index contributed by atoms with van der Waals surface area (Å²) in [6.45, 7) is 1.29. The Morgan fingerprint density at radius 1 is 1.40 bits per heavy atom. The van der Waals surface area contributed by atoms with Crippen LogP contribution < -0.4 is 10.6 Å². The predicted molar refractivity (Wildman–Crippen MR) is 81.5 cm³/mol. The highest BCUT2D eigenvalue weighted by molar-refractivity contribution is 5.86. The van der Waals surface area contributed by atoms with Crippen molar-refractivity contribution in [2.45, 2.75) is 25.7 Å². The maximum absolute atomic E-state index is 12.4. The summed E-state index contributed by atoms with van der Waals surface area (Å²) < 4.78 is 0. The minimum absolute atomic E-state index is 0.147. The quantitative estimate of drug-likeness (QED) is 0.857. The van der Waals surface area contributed by atoms with E-state index in [1.165, 1.54) is 5.56 Å². The van der Waals surface area contributed by atoms with Gasteiger partial charge in [0.1, 0.15) is 0 Å². The van der Waals surface area contributed by atoms with E-state index >= 15 is 0 Å². The van der Waals surface area contributed by atoms with E-state index in [9.17, 15) is 4.79 Å². The largest absolute Gasteiger partial charge is 0.397 e. The smallest absolute Gasteiger partial charge is 0.245 e. The summed E-state index contributed by atoms with van der Waals surface area (Å²) in [6.07, 6.45) is 6.41. The van der Waals surface area contributed by atoms with E-state index in [4.69, 9.17) is 5.73 Å². The molecule has 106 valence electrons. The van der Waals surface area contributed by atoms with E-state index in [0.717, 1.165) is 49.3 Å². The molecule has 0 radical (unpaired) electrons. The number of likely N-dealkylation sites (N-methyl/N-ethyl adjacent to an activating group) is 1. The molecule has 20 heavy (non-hydrogen) atoms. The number of hydrogen-bond donors (Lipinski definition) is 1. The molecule has 0 atom stereocenters. The number of carbonyl (C=O) groups excluding carboxylic acids is 1. The van der Waals surface area contributed by atoms with Crippen molar-refractivity contribution in [1.82, 2.24) is 4.90 Å². The van der Waals surface area contributed by atoms with Crippen molar-refractivity contribution < 1.29 is 4.79 Å². The lowest BCUT2D eigenvalue weighted by Crippen LogP contribution is -2.37. The first-order valence-electron chi connectivity index (χ1n) is 7.24. The molecule has 1 heterocycles. The molecule has 0 unspecified atom stereocenters. The maximum atomic E-state index is 12.4. The number of amides is 1. The van der Waals surface area contributed by atoms with Crippen LogP contribution in [0.2, 0.25) is 0 Å². The molecule has 0 bridgehead atoms. The Kier molecular flexibility index (Phi) is 3.38. The molecule has 1 aliphatic heterocycles. The number of nitrogens with zero attached hydrogens (tertiary/aromatic N) is 2. The zero-order chi connectivity index (χ0) is 14.1. The van der Waals surface area contributed by atoms with Crippen molar-refractivity contribution in [2.24, 2.45) is 0 Å². The highest BCUT2D eigenvalue weighted by Crippen LogP contribution is 2.33. The van der Waals surface area contributed by atoms with E-state index in [2.05, 4.69) is 17.0 Å². The highest BCUT2D eigenvalue weighted by Gasteiger charge is 2.25. The minimum Gasteiger partial charge on any atom is -0.397 e. The van der Waals surface area contributed by atoms with Gasteiger partial charge in [0.05, 0.1) is 17.9 Å². The van der Waals surface area contributed by atoms with Gasteiger partial charge < -0.3 is 15.5 Å². The predicted octanol–water partition coefficient (Wildman–Crippen LogP) is 2.16. The average molecular weight is 271 g/mol. The Morgan fingerprint density at radius 3 is 3.00 bits per heavy atom. The van der Waals surface area contributed by atoms with Gasteiger partial charge >= 0.3 is 0 Å². The van der Waals surface area contributed by atoms with Crippen LogP contribution in [0.1, 0.15) is 24.8 Å². The van der Waals surface area contributed by atoms with Gasteiger partial charge in [-0.1, -0.05) is 18.2 Å². The molecule has 0 saturated heterocycles. The van der Waals surface area contributed by atoms with Gasteiger partial charge in [-0.3, -0.25) is 4.79 Å². The Morgan fingerprint density at radius 2 is 2.25 bits per heavy atom. The number of allylic oxidation sites excluding steroid dienone is 2. The summed E-state index contributed by atoms with van der Waals surface area (Å²) in [4.78, 5) is 16.3. The van der Waals surface area contributed by atoms with Gasteiger partial charge in [0, 0.05) is 19.3 Å². The second kappa shape index (κ2) is 5.19. The molecular formula is C16H21N3O. The Labute approximate surface area is 119 Å². The maximum Gasteiger partial charge on any atom is 0.245 e. The third-order valence-corrected chi connectivity index (χ3v) is 4.27. The second-order valence-corrected chi connectivity index (χ2v) is 5.57. The average Bonchev–Trinajstić information content (AvgIpc) is 3.08. The van der Waals surface area contributed by atoms with Crippen LogP contribution >= 0.6 is 0 Å². The van der Waals surface area contributed by atoms with E-state index < -0.39 is 0 Å². The van der Waals surface area contributed by atoms with Gasteiger partial charge in [0.15, 0.2) is 0 Å². The Hall–Kier alpha value is -1.97. The van der Waals surface area contributed by atoms with Crippen LogP contribution in [0.15, 0.2) is 30.0 Å². The van der Waals surface area contributed by atoms with Gasteiger partial charge in [-0.05, 0) is 37.3 Å². The molecule has 3 rings (SSSR count). The lowest BCUT2D eigenvalue weighted by Gasteiger charge is -2.25. The fraction of sp³-hybridized carbons (Fsp3) is 0.438. The molecule has 4 nitrogen and oxygen atoms in total. The summed E-state index contributed by atoms with van der Waals surface area (Å²) >= 11 is 0. The number of fused-ring (bicyclic) bond motifs is 1. The lowest BCUT2D eigenvalue weighted by atomic mass is 10.1. The van der Waals surface area contributed by atoms with Gasteiger partial charge in [-0.2, -0.15) is 0 Å². The molecule has 1 aliphatic carbocycles. The van der Waals surface area contributed by atoms with Crippen LogP contribution in [-0.2, 0) is 11.2 Å². The molecule has 0 spiro atoms. The van der Waals surface area contributed by atoms with Crippen LogP contribution in [0.5, 0.6) is 0 Å². The first-order chi connectivity index (χ1) is 9.66. The number of nitrogen functional groups attached to an aromatic ring is 1. The van der Waals surface area contributed by atoms with Crippen molar-refractivity contribution in [3.05, 3.63) is 35.5 Å². The van der Waals surface area contributed by atoms with Crippen LogP contribution in [0.4, 0.5) is 11.4 Å². The van der Waals surface area contributed by atoms with Crippen LogP contribution in [-0.4, -0.2) is 30.9 Å². The third-order valence-electron chi connectivity index (χ3n) is 4.27. The second-order valence-electron chi connectivity index (χ2n) is 5.57. The molecule has 4 heteroatoms. The topological polar surface area (TPSA) is 49.6 Å². The molecule has 1 aromatic carbocycles. The summed E-state index contributed by atoms with van der Waals surface area (Å²) in [5, 5.41) is 0. The lowest BCUT2D eigenvalue weighted by molar-refractivity contribution is -0.126. The highest BCUT2D eigenvalue weighted by atomic mass is 16.2. The normalized spacial score (nSPS) is 17.1. The van der Waals surface area contributed by atoms with E-state index in [-0.39, 0.29) is 5.91 Å². The monoisotopic (exact) mass is 271 g/mol. The zero-order valence-corrected chi connectivity index (χ0v) is 11.9. The van der Waals surface area contributed by atoms with E-state index in [0.29, 0.717) is 6.54 Å². The number of benzene rings is 1. The summed E-state index contributed by atoms with van der Waals surface area (Å²) in [5.74, 6) is 0.147. The molecule has 0 aromatic heterocycles. The molecular weight excluding hydrogens is 250 g/mol. The number of para-hydroxylation sites is 1. The number of anilines is 2. The fourth-order valence-electron chi connectivity index (χ4n) is 3.11. The van der Waals surface area contributed by atoms with E-state index in [1.807, 2.05) is 24.1 Å². The number of nitrogens with two attached hydrogens (primary N) is 1. The number of rotatable bonds is 3. The van der Waals surface area contributed by atoms with E-state index in [1.54, 1.807) is 0 Å². The molecule has 2 N–H and O–H groups in total. The molecule has 0 saturated carbocycles. The summed E-state index contributed by atoms with van der Waals surface area (Å²) in [5.41, 5.74) is 10.3. The number of carbonyl (C=O) groups is 1. The van der Waals surface area contributed by atoms with Gasteiger partial charge in [0.25, 0.3) is 0 Å². The summed E-state index contributed by atoms with van der Waals surface area (Å²) in [6, 6.07) is 5.99. The first-order valence-corrected chi connectivity index (χ1v) is 7.24. The molecule has 1 amide bonds. The third kappa shape index (κ3) is 2.26. The van der Waals surface area contributed by atoms with Crippen LogP contribution in [0.3, 0.4) is 0 Å². The fourth-order valence-corrected chi connectivity index (χ4v) is 3.11. The molecule has 1 aromatic rings. The van der Waals surface area contributed by atoms with Crippen molar-refractivity contribution >= 4 is 17.3 Å². The van der Waals surface area contributed by atoms with Gasteiger partial charge in [0.2, 0.25) is 5.91 Å².